The topological polar surface area (TPSA) is 17.0 Å². The Morgan fingerprint density at radius 1 is 1.00 bits per heavy atom. The molecule has 3 aromatic rings. The quantitative estimate of drug-likeness (QED) is 0.397. The Balaban J connectivity index is 2.24. The van der Waals surface area contributed by atoms with Crippen LogP contribution in [0.25, 0.3) is 28.2 Å². The minimum atomic E-state index is 0.143. The van der Waals surface area contributed by atoms with Crippen LogP contribution in [-0.4, -0.2) is 11.6 Å². The van der Waals surface area contributed by atoms with Crippen LogP contribution in [0.3, 0.4) is 0 Å². The van der Waals surface area contributed by atoms with Gasteiger partial charge in [-0.3, -0.25) is 0 Å². The van der Waals surface area contributed by atoms with Gasteiger partial charge in [0.2, 0.25) is 0 Å². The van der Waals surface area contributed by atoms with Crippen molar-refractivity contribution < 1.29 is 0 Å². The molecule has 0 saturated heterocycles. The minimum Gasteiger partial charge on any atom is -0.389 e. The first-order valence-electron chi connectivity index (χ1n) is 11.3. The third kappa shape index (κ3) is 4.65. The molecule has 1 N–H and O–H groups in total. The van der Waals surface area contributed by atoms with Gasteiger partial charge in [0, 0.05) is 35.1 Å². The fourth-order valence-electron chi connectivity index (χ4n) is 4.11. The van der Waals surface area contributed by atoms with Crippen molar-refractivity contribution >= 4 is 22.6 Å². The lowest BCUT2D eigenvalue weighted by Gasteiger charge is -2.19. The molecular formula is C30H36N2. The van der Waals surface area contributed by atoms with Crippen molar-refractivity contribution in [1.82, 2.24) is 9.88 Å². The van der Waals surface area contributed by atoms with Crippen LogP contribution in [0.1, 0.15) is 57.0 Å². The largest absolute Gasteiger partial charge is 0.389 e. The van der Waals surface area contributed by atoms with Gasteiger partial charge in [-0.1, -0.05) is 69.9 Å². The zero-order valence-corrected chi connectivity index (χ0v) is 20.6. The van der Waals surface area contributed by atoms with Crippen molar-refractivity contribution in [2.75, 3.05) is 7.05 Å². The predicted molar refractivity (Wildman–Crippen MR) is 142 cm³/mol. The average Bonchev–Trinajstić information content (AvgIpc) is 3.04. The van der Waals surface area contributed by atoms with E-state index in [1.807, 2.05) is 14.0 Å². The summed E-state index contributed by atoms with van der Waals surface area (Å²) < 4.78 is 2.37. The molecule has 1 aromatic heterocycles. The molecule has 2 heteroatoms. The van der Waals surface area contributed by atoms with Crippen molar-refractivity contribution in [3.63, 3.8) is 0 Å². The number of rotatable bonds is 6. The molecule has 0 saturated carbocycles. The van der Waals surface area contributed by atoms with Gasteiger partial charge >= 0.3 is 0 Å². The molecule has 2 aromatic carbocycles. The van der Waals surface area contributed by atoms with E-state index in [4.69, 9.17) is 0 Å². The van der Waals surface area contributed by atoms with Crippen molar-refractivity contribution in [2.24, 2.45) is 0 Å². The van der Waals surface area contributed by atoms with Crippen LogP contribution in [0.15, 0.2) is 79.0 Å². The fraction of sp³-hybridized carbons (Fsp3) is 0.267. The molecule has 0 unspecified atom stereocenters. The Morgan fingerprint density at radius 2 is 1.69 bits per heavy atom. The number of hydrogen-bond acceptors (Lipinski definition) is 1. The van der Waals surface area contributed by atoms with Crippen molar-refractivity contribution in [2.45, 2.75) is 47.0 Å². The number of allylic oxidation sites excluding steroid dienone is 5. The molecule has 0 aliphatic carbocycles. The minimum absolute atomic E-state index is 0.143. The standard InChI is InChI=1S/C30H36N2/c1-9-11-23(19-21(3)31-8)24-13-18-29-28(20-24)27(12-10-2)22(4)32(29)26-16-14-25(15-17-26)30(5,6)7/h9-20,31H,3H2,1-2,4-8H3/b11-9-,12-10-,23-19+. The highest BCUT2D eigenvalue weighted by molar-refractivity contribution is 5.95. The van der Waals surface area contributed by atoms with Crippen LogP contribution in [0.2, 0.25) is 0 Å². The molecule has 0 aliphatic heterocycles. The average molecular weight is 425 g/mol. The van der Waals surface area contributed by atoms with Gasteiger partial charge in [0.05, 0.1) is 5.52 Å². The lowest BCUT2D eigenvalue weighted by Crippen LogP contribution is -2.11. The van der Waals surface area contributed by atoms with Crippen LogP contribution < -0.4 is 5.32 Å². The molecule has 0 fully saturated rings. The Morgan fingerprint density at radius 3 is 2.25 bits per heavy atom. The molecule has 2 nitrogen and oxygen atoms in total. The van der Waals surface area contributed by atoms with Gasteiger partial charge in [-0.2, -0.15) is 0 Å². The number of nitrogens with one attached hydrogen (secondary N) is 1. The van der Waals surface area contributed by atoms with E-state index in [9.17, 15) is 0 Å². The van der Waals surface area contributed by atoms with Crippen LogP contribution in [0, 0.1) is 6.92 Å². The molecule has 0 amide bonds. The lowest BCUT2D eigenvalue weighted by molar-refractivity contribution is 0.590. The highest BCUT2D eigenvalue weighted by Gasteiger charge is 2.17. The van der Waals surface area contributed by atoms with E-state index in [0.717, 1.165) is 11.3 Å². The van der Waals surface area contributed by atoms with Gasteiger partial charge in [0.15, 0.2) is 0 Å². The SMILES string of the molecule is C=C(/C=C(\C=C/C)c1ccc2c(c1)c(/C=C\C)c(C)n2-c1ccc(C(C)(C)C)cc1)NC. The summed E-state index contributed by atoms with van der Waals surface area (Å²) in [4.78, 5) is 0. The number of hydrogen-bond donors (Lipinski definition) is 1. The summed E-state index contributed by atoms with van der Waals surface area (Å²) >= 11 is 0. The number of aromatic nitrogens is 1. The zero-order valence-electron chi connectivity index (χ0n) is 20.6. The highest BCUT2D eigenvalue weighted by atomic mass is 15.0. The third-order valence-corrected chi connectivity index (χ3v) is 5.91. The van der Waals surface area contributed by atoms with Crippen LogP contribution >= 0.6 is 0 Å². The zero-order chi connectivity index (χ0) is 23.5. The molecule has 0 bridgehead atoms. The molecule has 0 aliphatic rings. The Labute approximate surface area is 193 Å². The Kier molecular flexibility index (Phi) is 6.93. The monoisotopic (exact) mass is 424 g/mol. The molecule has 0 atom stereocenters. The summed E-state index contributed by atoms with van der Waals surface area (Å²) in [5, 5.41) is 4.38. The molecule has 0 spiro atoms. The van der Waals surface area contributed by atoms with Gasteiger partial charge in [-0.25, -0.2) is 0 Å². The van der Waals surface area contributed by atoms with Gasteiger partial charge in [0.1, 0.15) is 0 Å². The summed E-state index contributed by atoms with van der Waals surface area (Å²) in [5.74, 6) is 0. The number of likely N-dealkylation sites (N-methyl/N-ethyl adjacent to an activating group) is 1. The second kappa shape index (κ2) is 9.48. The molecule has 166 valence electrons. The number of benzene rings is 2. The third-order valence-electron chi connectivity index (χ3n) is 5.91. The molecule has 3 rings (SSSR count). The highest BCUT2D eigenvalue weighted by Crippen LogP contribution is 2.34. The Hall–Kier alpha value is -3.26. The maximum Gasteiger partial charge on any atom is 0.0538 e. The van der Waals surface area contributed by atoms with E-state index in [1.54, 1.807) is 0 Å². The molecular weight excluding hydrogens is 388 g/mol. The van der Waals surface area contributed by atoms with Crippen LogP contribution in [0.4, 0.5) is 0 Å². The molecule has 1 heterocycles. The van der Waals surface area contributed by atoms with Crippen LogP contribution in [0.5, 0.6) is 0 Å². The summed E-state index contributed by atoms with van der Waals surface area (Å²) in [6.07, 6.45) is 10.6. The van der Waals surface area contributed by atoms with E-state index in [-0.39, 0.29) is 5.41 Å². The Bertz CT molecular complexity index is 1210. The van der Waals surface area contributed by atoms with Gasteiger partial charge < -0.3 is 9.88 Å². The van der Waals surface area contributed by atoms with Crippen molar-refractivity contribution in [1.29, 1.82) is 0 Å². The first-order valence-corrected chi connectivity index (χ1v) is 11.3. The van der Waals surface area contributed by atoms with E-state index in [2.05, 4.69) is 124 Å². The second-order valence-electron chi connectivity index (χ2n) is 9.24. The fourth-order valence-corrected chi connectivity index (χ4v) is 4.11. The van der Waals surface area contributed by atoms with Gasteiger partial charge in [-0.15, -0.1) is 0 Å². The summed E-state index contributed by atoms with van der Waals surface area (Å²) in [5.41, 5.74) is 9.61. The van der Waals surface area contributed by atoms with E-state index < -0.39 is 0 Å². The maximum atomic E-state index is 4.08. The molecule has 32 heavy (non-hydrogen) atoms. The smallest absolute Gasteiger partial charge is 0.0538 e. The van der Waals surface area contributed by atoms with Crippen LogP contribution in [-0.2, 0) is 5.41 Å². The second-order valence-corrected chi connectivity index (χ2v) is 9.24. The summed E-state index contributed by atoms with van der Waals surface area (Å²) in [6, 6.07) is 15.7. The van der Waals surface area contributed by atoms with Gasteiger partial charge in [0.25, 0.3) is 0 Å². The first-order chi connectivity index (χ1) is 15.2. The van der Waals surface area contributed by atoms with Gasteiger partial charge in [-0.05, 0) is 73.2 Å². The van der Waals surface area contributed by atoms with E-state index in [0.29, 0.717) is 0 Å². The normalized spacial score (nSPS) is 12.9. The van der Waals surface area contributed by atoms with Crippen molar-refractivity contribution in [3.8, 4) is 5.69 Å². The number of nitrogens with zero attached hydrogens (tertiary/aromatic N) is 1. The predicted octanol–water partition coefficient (Wildman–Crippen LogP) is 7.96. The number of fused-ring (bicyclic) bond motifs is 1. The lowest BCUT2D eigenvalue weighted by atomic mass is 9.87. The maximum absolute atomic E-state index is 4.08. The molecule has 0 radical (unpaired) electrons. The summed E-state index contributed by atoms with van der Waals surface area (Å²) in [7, 11) is 1.90. The first kappa shape index (κ1) is 23.4. The summed E-state index contributed by atoms with van der Waals surface area (Å²) in [6.45, 7) is 17.2. The van der Waals surface area contributed by atoms with E-state index >= 15 is 0 Å². The van der Waals surface area contributed by atoms with E-state index in [1.165, 1.54) is 39.0 Å². The van der Waals surface area contributed by atoms with Crippen molar-refractivity contribution in [3.05, 3.63) is 101 Å².